The van der Waals surface area contributed by atoms with Crippen LogP contribution in [0, 0.1) is 18.8 Å². The minimum Gasteiger partial charge on any atom is -0.361 e. The van der Waals surface area contributed by atoms with Gasteiger partial charge < -0.3 is 14.7 Å². The number of hydrogen-bond acceptors (Lipinski definition) is 6. The van der Waals surface area contributed by atoms with Crippen molar-refractivity contribution in [2.45, 2.75) is 25.8 Å². The summed E-state index contributed by atoms with van der Waals surface area (Å²) in [6, 6.07) is 9.78. The maximum atomic E-state index is 12.5. The Morgan fingerprint density at radius 1 is 1.19 bits per heavy atom. The van der Waals surface area contributed by atoms with Gasteiger partial charge in [-0.15, -0.1) is 0 Å². The van der Waals surface area contributed by atoms with E-state index in [9.17, 15) is 4.79 Å². The van der Waals surface area contributed by atoms with E-state index >= 15 is 0 Å². The molecule has 1 aromatic carbocycles. The maximum absolute atomic E-state index is 12.5. The lowest BCUT2D eigenvalue weighted by Gasteiger charge is -2.38. The Balaban J connectivity index is 1.32. The van der Waals surface area contributed by atoms with Crippen LogP contribution in [-0.2, 0) is 0 Å². The number of nitrogens with zero attached hydrogens (tertiary/aromatic N) is 4. The standard InChI is InChI=1S/C20H21N5O2/c1-12-8-17(24-27-12)20(26)23-19-13-6-7-14(19)11-25(10-13)18-9-21-15-4-2-3-5-16(15)22-18/h2-5,8-9,13-14,19H,6-7,10-11H2,1H3,(H,23,26)/t13-,14+,19?. The van der Waals surface area contributed by atoms with E-state index in [-0.39, 0.29) is 11.9 Å². The Labute approximate surface area is 156 Å². The Morgan fingerprint density at radius 2 is 1.93 bits per heavy atom. The third-order valence-corrected chi connectivity index (χ3v) is 5.75. The van der Waals surface area contributed by atoms with Gasteiger partial charge in [-0.2, -0.15) is 0 Å². The highest BCUT2D eigenvalue weighted by molar-refractivity contribution is 5.92. The summed E-state index contributed by atoms with van der Waals surface area (Å²) in [5, 5.41) is 7.02. The molecule has 1 amide bonds. The Morgan fingerprint density at radius 3 is 2.63 bits per heavy atom. The van der Waals surface area contributed by atoms with Gasteiger partial charge in [0.1, 0.15) is 11.6 Å². The number of para-hydroxylation sites is 2. The minimum atomic E-state index is -0.146. The van der Waals surface area contributed by atoms with Crippen LogP contribution < -0.4 is 10.2 Å². The minimum absolute atomic E-state index is 0.146. The molecule has 3 heterocycles. The number of benzene rings is 1. The predicted molar refractivity (Wildman–Crippen MR) is 100 cm³/mol. The lowest BCUT2D eigenvalue weighted by molar-refractivity contribution is 0.0901. The first-order valence-corrected chi connectivity index (χ1v) is 9.38. The van der Waals surface area contributed by atoms with Crippen molar-refractivity contribution < 1.29 is 9.32 Å². The molecule has 138 valence electrons. The molecular formula is C20H21N5O2. The normalized spacial score (nSPS) is 24.3. The Kier molecular flexibility index (Phi) is 3.81. The number of piperidine rings is 1. The van der Waals surface area contributed by atoms with Crippen LogP contribution in [0.4, 0.5) is 5.82 Å². The van der Waals surface area contributed by atoms with E-state index in [1.165, 1.54) is 0 Å². The van der Waals surface area contributed by atoms with Gasteiger partial charge >= 0.3 is 0 Å². The molecule has 1 aliphatic carbocycles. The third-order valence-electron chi connectivity index (χ3n) is 5.75. The van der Waals surface area contributed by atoms with Gasteiger partial charge in [-0.3, -0.25) is 9.78 Å². The van der Waals surface area contributed by atoms with Crippen LogP contribution in [0.25, 0.3) is 11.0 Å². The molecule has 5 rings (SSSR count). The molecule has 3 aromatic rings. The molecule has 2 fully saturated rings. The molecule has 27 heavy (non-hydrogen) atoms. The van der Waals surface area contributed by atoms with Gasteiger partial charge in [0, 0.05) is 25.2 Å². The fourth-order valence-electron chi connectivity index (χ4n) is 4.44. The summed E-state index contributed by atoms with van der Waals surface area (Å²) in [6.45, 7) is 3.55. The summed E-state index contributed by atoms with van der Waals surface area (Å²) in [4.78, 5) is 24.1. The summed E-state index contributed by atoms with van der Waals surface area (Å²) in [5.41, 5.74) is 2.18. The van der Waals surface area contributed by atoms with Crippen molar-refractivity contribution in [3.8, 4) is 0 Å². The molecule has 0 spiro atoms. The number of aromatic nitrogens is 3. The van der Waals surface area contributed by atoms with Gasteiger partial charge in [0.15, 0.2) is 5.69 Å². The van der Waals surface area contributed by atoms with E-state index in [0.717, 1.165) is 42.8 Å². The van der Waals surface area contributed by atoms with Gasteiger partial charge in [0.25, 0.3) is 5.91 Å². The van der Waals surface area contributed by atoms with Crippen LogP contribution in [0.5, 0.6) is 0 Å². The molecule has 2 bridgehead atoms. The fraction of sp³-hybridized carbons (Fsp3) is 0.400. The highest BCUT2D eigenvalue weighted by Crippen LogP contribution is 2.38. The van der Waals surface area contributed by atoms with E-state index in [2.05, 4.69) is 20.4 Å². The van der Waals surface area contributed by atoms with Crippen LogP contribution in [0.2, 0.25) is 0 Å². The molecule has 0 radical (unpaired) electrons. The van der Waals surface area contributed by atoms with Gasteiger partial charge in [-0.25, -0.2) is 4.98 Å². The van der Waals surface area contributed by atoms with E-state index in [1.54, 1.807) is 13.0 Å². The molecule has 7 nitrogen and oxygen atoms in total. The number of nitrogens with one attached hydrogen (secondary N) is 1. The first kappa shape index (κ1) is 16.2. The number of aryl methyl sites for hydroxylation is 1. The number of carbonyl (C=O) groups excluding carboxylic acids is 1. The molecule has 1 unspecified atom stereocenters. The number of amides is 1. The van der Waals surface area contributed by atoms with Crippen LogP contribution in [-0.4, -0.2) is 40.2 Å². The number of fused-ring (bicyclic) bond motifs is 3. The van der Waals surface area contributed by atoms with Crippen LogP contribution >= 0.6 is 0 Å². The number of rotatable bonds is 3. The third kappa shape index (κ3) is 2.93. The smallest absolute Gasteiger partial charge is 0.273 e. The maximum Gasteiger partial charge on any atom is 0.273 e. The zero-order valence-electron chi connectivity index (χ0n) is 15.1. The Hall–Kier alpha value is -2.96. The average Bonchev–Trinajstić information content (AvgIpc) is 3.21. The molecule has 3 atom stereocenters. The molecule has 1 saturated heterocycles. The lowest BCUT2D eigenvalue weighted by Crippen LogP contribution is -2.53. The van der Waals surface area contributed by atoms with Crippen molar-refractivity contribution in [3.63, 3.8) is 0 Å². The summed E-state index contributed by atoms with van der Waals surface area (Å²) >= 11 is 0. The molecular weight excluding hydrogens is 342 g/mol. The average molecular weight is 363 g/mol. The van der Waals surface area contributed by atoms with E-state index in [0.29, 0.717) is 23.3 Å². The van der Waals surface area contributed by atoms with Crippen molar-refractivity contribution in [1.29, 1.82) is 0 Å². The van der Waals surface area contributed by atoms with E-state index in [4.69, 9.17) is 9.51 Å². The topological polar surface area (TPSA) is 84.2 Å². The van der Waals surface area contributed by atoms with Crippen LogP contribution in [0.1, 0.15) is 29.1 Å². The molecule has 2 aromatic heterocycles. The summed E-state index contributed by atoms with van der Waals surface area (Å²) in [7, 11) is 0. The summed E-state index contributed by atoms with van der Waals surface area (Å²) < 4.78 is 5.02. The number of anilines is 1. The summed E-state index contributed by atoms with van der Waals surface area (Å²) in [6.07, 6.45) is 4.09. The molecule has 1 N–H and O–H groups in total. The van der Waals surface area contributed by atoms with Crippen LogP contribution in [0.15, 0.2) is 41.1 Å². The lowest BCUT2D eigenvalue weighted by atomic mass is 9.92. The SMILES string of the molecule is Cc1cc(C(=O)NC2[C@@H]3CC[C@H]2CN(c2cnc4ccccc4n2)C3)no1. The zero-order chi connectivity index (χ0) is 18.4. The van der Waals surface area contributed by atoms with Gasteiger partial charge in [-0.05, 0) is 43.7 Å². The first-order chi connectivity index (χ1) is 13.2. The van der Waals surface area contributed by atoms with Gasteiger partial charge in [-0.1, -0.05) is 17.3 Å². The second-order valence-corrected chi connectivity index (χ2v) is 7.54. The predicted octanol–water partition coefficient (Wildman–Crippen LogP) is 2.57. The quantitative estimate of drug-likeness (QED) is 0.770. The Bertz CT molecular complexity index is 987. The molecule has 2 aliphatic rings. The van der Waals surface area contributed by atoms with E-state index < -0.39 is 0 Å². The largest absolute Gasteiger partial charge is 0.361 e. The van der Waals surface area contributed by atoms with Crippen LogP contribution in [0.3, 0.4) is 0 Å². The van der Waals surface area contributed by atoms with Crippen molar-refractivity contribution in [1.82, 2.24) is 20.4 Å². The molecule has 1 saturated carbocycles. The van der Waals surface area contributed by atoms with E-state index in [1.807, 2.05) is 30.5 Å². The number of hydrogen-bond donors (Lipinski definition) is 1. The van der Waals surface area contributed by atoms with Gasteiger partial charge in [0.05, 0.1) is 17.2 Å². The second kappa shape index (κ2) is 6.33. The van der Waals surface area contributed by atoms with Crippen molar-refractivity contribution in [2.75, 3.05) is 18.0 Å². The monoisotopic (exact) mass is 363 g/mol. The fourth-order valence-corrected chi connectivity index (χ4v) is 4.44. The first-order valence-electron chi connectivity index (χ1n) is 9.38. The second-order valence-electron chi connectivity index (χ2n) is 7.54. The highest BCUT2D eigenvalue weighted by Gasteiger charge is 2.43. The summed E-state index contributed by atoms with van der Waals surface area (Å²) in [5.74, 6) is 2.24. The van der Waals surface area contributed by atoms with Crippen molar-refractivity contribution >= 4 is 22.8 Å². The van der Waals surface area contributed by atoms with Gasteiger partial charge in [0.2, 0.25) is 0 Å². The number of carbonyl (C=O) groups is 1. The molecule has 1 aliphatic heterocycles. The van der Waals surface area contributed by atoms with Crippen molar-refractivity contribution in [2.24, 2.45) is 11.8 Å². The highest BCUT2D eigenvalue weighted by atomic mass is 16.5. The van der Waals surface area contributed by atoms with Crippen molar-refractivity contribution in [3.05, 3.63) is 48.0 Å². The zero-order valence-corrected chi connectivity index (χ0v) is 15.1. The molecule has 7 heteroatoms.